The van der Waals surface area contributed by atoms with Crippen molar-refractivity contribution >= 4 is 23.6 Å². The van der Waals surface area contributed by atoms with Crippen LogP contribution in [0.5, 0.6) is 0 Å². The highest BCUT2D eigenvalue weighted by Gasteiger charge is 2.34. The molecule has 0 saturated heterocycles. The van der Waals surface area contributed by atoms with Gasteiger partial charge in [0.05, 0.1) is 0 Å². The van der Waals surface area contributed by atoms with Gasteiger partial charge in [0.1, 0.15) is 17.7 Å². The first kappa shape index (κ1) is 28.4. The molecule has 3 aromatic carbocycles. The van der Waals surface area contributed by atoms with Crippen molar-refractivity contribution in [2.45, 2.75) is 58.7 Å². The van der Waals surface area contributed by atoms with Crippen LogP contribution in [-0.2, 0) is 20.7 Å². The van der Waals surface area contributed by atoms with Gasteiger partial charge in [-0.25, -0.2) is 4.79 Å². The largest absolute Gasteiger partial charge is 0.444 e. The molecule has 0 aromatic heterocycles. The zero-order valence-electron chi connectivity index (χ0n) is 22.9. The first-order valence-electron chi connectivity index (χ1n) is 12.7. The number of nitrogens with one attached hydrogen (secondary N) is 2. The second-order valence-electron chi connectivity index (χ2n) is 10.5. The highest BCUT2D eigenvalue weighted by molar-refractivity contribution is 5.99. The molecule has 0 aliphatic heterocycles. The quantitative estimate of drug-likeness (QED) is 0.410. The van der Waals surface area contributed by atoms with E-state index in [9.17, 15) is 14.4 Å². The maximum absolute atomic E-state index is 13.9. The fourth-order valence-corrected chi connectivity index (χ4v) is 4.09. The monoisotopic (exact) mass is 515 g/mol. The lowest BCUT2D eigenvalue weighted by Gasteiger charge is -2.32. The van der Waals surface area contributed by atoms with Gasteiger partial charge in [0.25, 0.3) is 5.91 Å². The standard InChI is InChI=1S/C31H37N3O4/c1-21-16-18-24(19-17-21)27(28(35)32-25-15-11-10-12-22(25)2)34(6)29(36)26(20-23-13-8-7-9-14-23)33-30(37)38-31(3,4)5/h7-19,26-27H,20H2,1-6H3,(H,32,35)(H,33,37). The van der Waals surface area contributed by atoms with Gasteiger partial charge in [-0.2, -0.15) is 0 Å². The van der Waals surface area contributed by atoms with E-state index in [2.05, 4.69) is 10.6 Å². The van der Waals surface area contributed by atoms with Crippen LogP contribution in [0, 0.1) is 13.8 Å². The Morgan fingerprint density at radius 3 is 2.08 bits per heavy atom. The molecule has 0 bridgehead atoms. The van der Waals surface area contributed by atoms with Crippen LogP contribution in [0.25, 0.3) is 0 Å². The molecular formula is C31H37N3O4. The zero-order valence-corrected chi connectivity index (χ0v) is 22.9. The Kier molecular flexibility index (Phi) is 9.29. The fourth-order valence-electron chi connectivity index (χ4n) is 4.09. The van der Waals surface area contributed by atoms with Crippen LogP contribution >= 0.6 is 0 Å². The van der Waals surface area contributed by atoms with E-state index in [1.54, 1.807) is 27.8 Å². The molecule has 2 N–H and O–H groups in total. The minimum absolute atomic E-state index is 0.239. The summed E-state index contributed by atoms with van der Waals surface area (Å²) in [4.78, 5) is 41.7. The minimum atomic E-state index is -0.948. The van der Waals surface area contributed by atoms with E-state index in [0.717, 1.165) is 16.7 Å². The third-order valence-corrected chi connectivity index (χ3v) is 6.05. The van der Waals surface area contributed by atoms with Gasteiger partial charge < -0.3 is 20.3 Å². The number of carbonyl (C=O) groups is 3. The number of alkyl carbamates (subject to hydrolysis) is 1. The Morgan fingerprint density at radius 2 is 1.47 bits per heavy atom. The van der Waals surface area contributed by atoms with Crippen LogP contribution in [0.4, 0.5) is 10.5 Å². The smallest absolute Gasteiger partial charge is 0.408 e. The molecule has 7 heteroatoms. The summed E-state index contributed by atoms with van der Waals surface area (Å²) in [5.41, 5.74) is 3.41. The zero-order chi connectivity index (χ0) is 27.9. The molecule has 0 spiro atoms. The number of carbonyl (C=O) groups excluding carboxylic acids is 3. The van der Waals surface area contributed by atoms with Gasteiger partial charge in [-0.1, -0.05) is 78.4 Å². The molecule has 200 valence electrons. The molecule has 0 radical (unpaired) electrons. The van der Waals surface area contributed by atoms with Gasteiger partial charge in [-0.15, -0.1) is 0 Å². The predicted octanol–water partition coefficient (Wildman–Crippen LogP) is 5.58. The summed E-state index contributed by atoms with van der Waals surface area (Å²) in [6.07, 6.45) is -0.458. The van der Waals surface area contributed by atoms with Crippen LogP contribution in [-0.4, -0.2) is 41.5 Å². The van der Waals surface area contributed by atoms with E-state index < -0.39 is 29.7 Å². The molecule has 2 unspecified atom stereocenters. The number of aryl methyl sites for hydroxylation is 2. The highest BCUT2D eigenvalue weighted by atomic mass is 16.6. The molecule has 0 aliphatic carbocycles. The number of ether oxygens (including phenoxy) is 1. The Morgan fingerprint density at radius 1 is 0.868 bits per heavy atom. The van der Waals surface area contributed by atoms with Crippen molar-refractivity contribution in [2.24, 2.45) is 0 Å². The molecule has 7 nitrogen and oxygen atoms in total. The maximum Gasteiger partial charge on any atom is 0.408 e. The summed E-state index contributed by atoms with van der Waals surface area (Å²) in [6, 6.07) is 22.5. The molecular weight excluding hydrogens is 478 g/mol. The second kappa shape index (κ2) is 12.4. The van der Waals surface area contributed by atoms with Crippen molar-refractivity contribution in [3.63, 3.8) is 0 Å². The lowest BCUT2D eigenvalue weighted by atomic mass is 10.00. The fraction of sp³-hybridized carbons (Fsp3) is 0.323. The lowest BCUT2D eigenvalue weighted by molar-refractivity contribution is -0.139. The van der Waals surface area contributed by atoms with Crippen LogP contribution in [0.2, 0.25) is 0 Å². The molecule has 0 saturated carbocycles. The number of benzene rings is 3. The van der Waals surface area contributed by atoms with Gasteiger partial charge in [-0.3, -0.25) is 9.59 Å². The first-order chi connectivity index (χ1) is 17.9. The molecule has 0 fully saturated rings. The summed E-state index contributed by atoms with van der Waals surface area (Å²) >= 11 is 0. The third kappa shape index (κ3) is 7.93. The molecule has 0 heterocycles. The van der Waals surface area contributed by atoms with Crippen molar-refractivity contribution in [1.82, 2.24) is 10.2 Å². The molecule has 3 aromatic rings. The molecule has 2 atom stereocenters. The van der Waals surface area contributed by atoms with Crippen molar-refractivity contribution < 1.29 is 19.1 Å². The lowest BCUT2D eigenvalue weighted by Crippen LogP contribution is -2.52. The van der Waals surface area contributed by atoms with Crippen LogP contribution in [0.1, 0.15) is 49.1 Å². The molecule has 0 aliphatic rings. The number of rotatable bonds is 8. The van der Waals surface area contributed by atoms with E-state index in [1.807, 2.05) is 92.7 Å². The van der Waals surface area contributed by atoms with Gasteiger partial charge in [0.15, 0.2) is 0 Å². The predicted molar refractivity (Wildman–Crippen MR) is 150 cm³/mol. The van der Waals surface area contributed by atoms with Crippen molar-refractivity contribution in [1.29, 1.82) is 0 Å². The van der Waals surface area contributed by atoms with Crippen molar-refractivity contribution in [2.75, 3.05) is 12.4 Å². The van der Waals surface area contributed by atoms with Crippen molar-refractivity contribution in [3.8, 4) is 0 Å². The SMILES string of the molecule is Cc1ccc(C(C(=O)Nc2ccccc2C)N(C)C(=O)C(Cc2ccccc2)NC(=O)OC(C)(C)C)cc1. The summed E-state index contributed by atoms with van der Waals surface area (Å²) in [5, 5.41) is 5.71. The molecule has 38 heavy (non-hydrogen) atoms. The summed E-state index contributed by atoms with van der Waals surface area (Å²) < 4.78 is 5.43. The number of hydrogen-bond acceptors (Lipinski definition) is 4. The van der Waals surface area contributed by atoms with E-state index in [-0.39, 0.29) is 12.3 Å². The average Bonchev–Trinajstić information content (AvgIpc) is 2.85. The highest BCUT2D eigenvalue weighted by Crippen LogP contribution is 2.25. The number of amides is 3. The number of anilines is 1. The van der Waals surface area contributed by atoms with Crippen LogP contribution in [0.15, 0.2) is 78.9 Å². The van der Waals surface area contributed by atoms with Crippen LogP contribution in [0.3, 0.4) is 0 Å². The topological polar surface area (TPSA) is 87.7 Å². The Bertz CT molecular complexity index is 1250. The van der Waals surface area contributed by atoms with Gasteiger partial charge in [-0.05, 0) is 57.4 Å². The summed E-state index contributed by atoms with van der Waals surface area (Å²) in [7, 11) is 1.58. The average molecular weight is 516 g/mol. The Balaban J connectivity index is 1.94. The molecule has 3 amide bonds. The Hall–Kier alpha value is -4.13. The summed E-state index contributed by atoms with van der Waals surface area (Å²) in [6.45, 7) is 9.15. The second-order valence-corrected chi connectivity index (χ2v) is 10.5. The number of para-hydroxylation sites is 1. The van der Waals surface area contributed by atoms with E-state index in [4.69, 9.17) is 4.74 Å². The first-order valence-corrected chi connectivity index (χ1v) is 12.7. The molecule has 3 rings (SSSR count). The maximum atomic E-state index is 13.9. The normalized spacial score (nSPS) is 12.7. The summed E-state index contributed by atoms with van der Waals surface area (Å²) in [5.74, 6) is -0.764. The number of hydrogen-bond donors (Lipinski definition) is 2. The van der Waals surface area contributed by atoms with Gasteiger partial charge in [0.2, 0.25) is 5.91 Å². The third-order valence-electron chi connectivity index (χ3n) is 6.05. The van der Waals surface area contributed by atoms with E-state index >= 15 is 0 Å². The van der Waals surface area contributed by atoms with Gasteiger partial charge in [0, 0.05) is 19.2 Å². The Labute approximate surface area is 225 Å². The van der Waals surface area contributed by atoms with E-state index in [1.165, 1.54) is 4.90 Å². The minimum Gasteiger partial charge on any atom is -0.444 e. The number of likely N-dealkylation sites (N-methyl/N-ethyl adjacent to an activating group) is 1. The van der Waals surface area contributed by atoms with Crippen LogP contribution < -0.4 is 10.6 Å². The van der Waals surface area contributed by atoms with Gasteiger partial charge >= 0.3 is 6.09 Å². The van der Waals surface area contributed by atoms with Crippen molar-refractivity contribution in [3.05, 3.63) is 101 Å². The number of nitrogens with zero attached hydrogens (tertiary/aromatic N) is 1. The van der Waals surface area contributed by atoms with E-state index in [0.29, 0.717) is 11.3 Å².